The molecule has 19 heavy (non-hydrogen) atoms. The van der Waals surface area contributed by atoms with Gasteiger partial charge < -0.3 is 0 Å². The maximum Gasteiger partial charge on any atom is 0.0994 e. The summed E-state index contributed by atoms with van der Waals surface area (Å²) >= 11 is 1.84. The number of thiazole rings is 1. The third kappa shape index (κ3) is 2.69. The van der Waals surface area contributed by atoms with Crippen LogP contribution in [0.2, 0.25) is 0 Å². The smallest absolute Gasteiger partial charge is 0.0994 e. The first-order valence-corrected chi connectivity index (χ1v) is 8.03. The van der Waals surface area contributed by atoms with Gasteiger partial charge in [0.1, 0.15) is 0 Å². The summed E-state index contributed by atoms with van der Waals surface area (Å²) in [5.74, 6) is 0. The van der Waals surface area contributed by atoms with Gasteiger partial charge in [0.2, 0.25) is 0 Å². The van der Waals surface area contributed by atoms with Crippen molar-refractivity contribution in [3.8, 4) is 0 Å². The van der Waals surface area contributed by atoms with E-state index in [0.717, 1.165) is 12.8 Å². The molecule has 0 unspecified atom stereocenters. The Morgan fingerprint density at radius 2 is 1.63 bits per heavy atom. The van der Waals surface area contributed by atoms with Crippen LogP contribution in [-0.2, 0) is 10.8 Å². The third-order valence-electron chi connectivity index (χ3n) is 4.52. The molecule has 0 saturated heterocycles. The molecule has 0 fully saturated rings. The number of fused-ring (bicyclic) bond motifs is 1. The highest BCUT2D eigenvalue weighted by Crippen LogP contribution is 2.36. The van der Waals surface area contributed by atoms with Gasteiger partial charge in [-0.2, -0.15) is 0 Å². The van der Waals surface area contributed by atoms with Gasteiger partial charge in [0.25, 0.3) is 0 Å². The van der Waals surface area contributed by atoms with Crippen LogP contribution in [0, 0.1) is 0 Å². The zero-order valence-corrected chi connectivity index (χ0v) is 13.8. The Hall–Kier alpha value is -0.890. The molecule has 1 aromatic heterocycles. The van der Waals surface area contributed by atoms with E-state index in [0.29, 0.717) is 0 Å². The summed E-state index contributed by atoms with van der Waals surface area (Å²) in [6.45, 7) is 13.6. The molecule has 1 heterocycles. The van der Waals surface area contributed by atoms with Crippen LogP contribution in [0.4, 0.5) is 0 Å². The Labute approximate surface area is 121 Å². The quantitative estimate of drug-likeness (QED) is 0.700. The molecule has 2 aromatic rings. The zero-order chi connectivity index (χ0) is 14.3. The topological polar surface area (TPSA) is 12.9 Å². The van der Waals surface area contributed by atoms with Gasteiger partial charge in [-0.05, 0) is 36.0 Å². The fourth-order valence-corrected chi connectivity index (χ4v) is 3.11. The molecular weight excluding hydrogens is 250 g/mol. The Bertz CT molecular complexity index is 564. The van der Waals surface area contributed by atoms with Gasteiger partial charge >= 0.3 is 0 Å². The second kappa shape index (κ2) is 4.90. The number of hydrogen-bond acceptors (Lipinski definition) is 2. The fraction of sp³-hybridized carbons (Fsp3) is 0.588. The molecule has 0 aliphatic rings. The van der Waals surface area contributed by atoms with Crippen LogP contribution in [-0.4, -0.2) is 4.98 Å². The summed E-state index contributed by atoms with van der Waals surface area (Å²) in [4.78, 5) is 4.88. The molecule has 104 valence electrons. The number of nitrogens with zero attached hydrogens (tertiary/aromatic N) is 1. The lowest BCUT2D eigenvalue weighted by molar-refractivity contribution is 0.503. The molecule has 1 aromatic carbocycles. The van der Waals surface area contributed by atoms with E-state index in [2.05, 4.69) is 59.7 Å². The minimum atomic E-state index is 0.185. The van der Waals surface area contributed by atoms with E-state index in [9.17, 15) is 0 Å². The highest BCUT2D eigenvalue weighted by molar-refractivity contribution is 7.18. The van der Waals surface area contributed by atoms with E-state index in [1.54, 1.807) is 0 Å². The predicted molar refractivity (Wildman–Crippen MR) is 86.3 cm³/mol. The monoisotopic (exact) mass is 275 g/mol. The van der Waals surface area contributed by atoms with Gasteiger partial charge in [0.15, 0.2) is 0 Å². The van der Waals surface area contributed by atoms with E-state index >= 15 is 0 Å². The Morgan fingerprint density at radius 1 is 1.00 bits per heavy atom. The SMILES string of the molecule is CCC(C)(C)c1ccc2sc(C(C)(C)CC)nc2c1. The summed E-state index contributed by atoms with van der Waals surface area (Å²) < 4.78 is 1.31. The van der Waals surface area contributed by atoms with Crippen LogP contribution in [0.3, 0.4) is 0 Å². The number of benzene rings is 1. The van der Waals surface area contributed by atoms with Crippen LogP contribution in [0.15, 0.2) is 18.2 Å². The minimum Gasteiger partial charge on any atom is -0.241 e. The number of hydrogen-bond donors (Lipinski definition) is 0. The highest BCUT2D eigenvalue weighted by atomic mass is 32.1. The molecule has 0 atom stereocenters. The lowest BCUT2D eigenvalue weighted by atomic mass is 9.82. The maximum atomic E-state index is 4.88. The summed E-state index contributed by atoms with van der Waals surface area (Å²) in [5.41, 5.74) is 2.98. The Balaban J connectivity index is 2.51. The average molecular weight is 275 g/mol. The minimum absolute atomic E-state index is 0.185. The molecule has 0 aliphatic carbocycles. The van der Waals surface area contributed by atoms with Crippen molar-refractivity contribution in [3.05, 3.63) is 28.8 Å². The van der Waals surface area contributed by atoms with Crippen LogP contribution < -0.4 is 0 Å². The average Bonchev–Trinajstić information content (AvgIpc) is 2.82. The normalized spacial score (nSPS) is 13.2. The van der Waals surface area contributed by atoms with Crippen molar-refractivity contribution in [1.29, 1.82) is 0 Å². The van der Waals surface area contributed by atoms with Crippen molar-refractivity contribution in [1.82, 2.24) is 4.98 Å². The van der Waals surface area contributed by atoms with E-state index in [-0.39, 0.29) is 10.8 Å². The Morgan fingerprint density at radius 3 is 2.21 bits per heavy atom. The summed E-state index contributed by atoms with van der Waals surface area (Å²) in [7, 11) is 0. The zero-order valence-electron chi connectivity index (χ0n) is 13.0. The summed E-state index contributed by atoms with van der Waals surface area (Å²) in [6.07, 6.45) is 2.27. The largest absolute Gasteiger partial charge is 0.241 e. The molecule has 1 nitrogen and oxygen atoms in total. The van der Waals surface area contributed by atoms with Crippen molar-refractivity contribution >= 4 is 21.6 Å². The van der Waals surface area contributed by atoms with Crippen molar-refractivity contribution in [3.63, 3.8) is 0 Å². The van der Waals surface area contributed by atoms with Gasteiger partial charge in [-0.1, -0.05) is 47.6 Å². The standard InChI is InChI=1S/C17H25NS/c1-7-16(3,4)12-9-10-14-13(11-12)18-15(19-14)17(5,6)8-2/h9-11H,7-8H2,1-6H3. The highest BCUT2D eigenvalue weighted by Gasteiger charge is 2.24. The maximum absolute atomic E-state index is 4.88. The van der Waals surface area contributed by atoms with E-state index in [4.69, 9.17) is 4.98 Å². The third-order valence-corrected chi connectivity index (χ3v) is 5.92. The van der Waals surface area contributed by atoms with Gasteiger partial charge in [-0.15, -0.1) is 11.3 Å². The molecule has 0 aliphatic heterocycles. The number of aromatic nitrogens is 1. The molecule has 0 radical (unpaired) electrons. The summed E-state index contributed by atoms with van der Waals surface area (Å²) in [6, 6.07) is 6.80. The van der Waals surface area contributed by atoms with E-state index in [1.165, 1.54) is 20.8 Å². The molecule has 0 saturated carbocycles. The van der Waals surface area contributed by atoms with Crippen LogP contribution in [0.1, 0.15) is 65.0 Å². The summed E-state index contributed by atoms with van der Waals surface area (Å²) in [5, 5.41) is 1.26. The first kappa shape index (κ1) is 14.5. The van der Waals surface area contributed by atoms with Gasteiger partial charge in [-0.3, -0.25) is 0 Å². The van der Waals surface area contributed by atoms with E-state index in [1.807, 2.05) is 11.3 Å². The van der Waals surface area contributed by atoms with Crippen molar-refractivity contribution in [2.24, 2.45) is 0 Å². The lowest BCUT2D eigenvalue weighted by Gasteiger charge is -2.23. The van der Waals surface area contributed by atoms with Crippen molar-refractivity contribution in [2.75, 3.05) is 0 Å². The molecule has 0 N–H and O–H groups in total. The fourth-order valence-electron chi connectivity index (χ4n) is 1.99. The molecule has 2 heteroatoms. The lowest BCUT2D eigenvalue weighted by Crippen LogP contribution is -2.15. The molecule has 0 bridgehead atoms. The Kier molecular flexibility index (Phi) is 3.74. The van der Waals surface area contributed by atoms with E-state index < -0.39 is 0 Å². The molecule has 2 rings (SSSR count). The first-order valence-electron chi connectivity index (χ1n) is 7.21. The van der Waals surface area contributed by atoms with Crippen LogP contribution in [0.5, 0.6) is 0 Å². The van der Waals surface area contributed by atoms with Crippen LogP contribution in [0.25, 0.3) is 10.2 Å². The number of rotatable bonds is 4. The first-order chi connectivity index (χ1) is 8.80. The molecule has 0 spiro atoms. The molecular formula is C17H25NS. The van der Waals surface area contributed by atoms with Crippen molar-refractivity contribution in [2.45, 2.75) is 65.2 Å². The second-order valence-electron chi connectivity index (χ2n) is 6.68. The second-order valence-corrected chi connectivity index (χ2v) is 7.71. The van der Waals surface area contributed by atoms with Gasteiger partial charge in [-0.25, -0.2) is 4.98 Å². The molecule has 0 amide bonds. The van der Waals surface area contributed by atoms with Crippen LogP contribution >= 0.6 is 11.3 Å². The van der Waals surface area contributed by atoms with Gasteiger partial charge in [0.05, 0.1) is 15.2 Å². The van der Waals surface area contributed by atoms with Crippen molar-refractivity contribution < 1.29 is 0 Å². The van der Waals surface area contributed by atoms with Gasteiger partial charge in [0, 0.05) is 5.41 Å². The predicted octanol–water partition coefficient (Wildman–Crippen LogP) is 5.67.